The molecule has 1 aromatic rings. The van der Waals surface area contributed by atoms with Crippen molar-refractivity contribution in [1.82, 2.24) is 5.43 Å². The van der Waals surface area contributed by atoms with E-state index in [1.165, 1.54) is 0 Å². The molecule has 1 saturated heterocycles. The molecule has 2 unspecified atom stereocenters. The Hall–Kier alpha value is -0.830. The van der Waals surface area contributed by atoms with Crippen molar-refractivity contribution in [3.05, 3.63) is 27.7 Å². The van der Waals surface area contributed by atoms with E-state index in [4.69, 9.17) is 27.9 Å². The molecule has 0 aromatic heterocycles. The molecule has 23 heavy (non-hydrogen) atoms. The van der Waals surface area contributed by atoms with E-state index in [1.807, 2.05) is 13.2 Å². The zero-order chi connectivity index (χ0) is 17.4. The molecule has 1 aromatic carbocycles. The molecular formula is C13H13Cl2F3N2O2S. The summed E-state index contributed by atoms with van der Waals surface area (Å²) >= 11 is 13.4. The third kappa shape index (κ3) is 3.99. The Morgan fingerprint density at radius 2 is 1.96 bits per heavy atom. The van der Waals surface area contributed by atoms with Crippen LogP contribution >= 0.6 is 35.0 Å². The van der Waals surface area contributed by atoms with Gasteiger partial charge in [0, 0.05) is 11.7 Å². The normalized spacial score (nSPS) is 19.9. The van der Waals surface area contributed by atoms with Gasteiger partial charge in [-0.15, -0.1) is 0 Å². The zero-order valence-electron chi connectivity index (χ0n) is 12.1. The minimum Gasteiger partial charge on any atom is -0.427 e. The van der Waals surface area contributed by atoms with E-state index in [2.05, 4.69) is 5.43 Å². The SMILES string of the molecule is CSCC(C)C1NN(c2c(Cl)cc(C(F)(F)F)cc2Cl)C(=O)O1. The van der Waals surface area contributed by atoms with Gasteiger partial charge in [-0.25, -0.2) is 9.80 Å². The van der Waals surface area contributed by atoms with Crippen LogP contribution in [0, 0.1) is 5.92 Å². The molecule has 128 valence electrons. The maximum Gasteiger partial charge on any atom is 0.430 e. The zero-order valence-corrected chi connectivity index (χ0v) is 14.4. The van der Waals surface area contributed by atoms with Crippen LogP contribution in [0.5, 0.6) is 0 Å². The predicted molar refractivity (Wildman–Crippen MR) is 84.9 cm³/mol. The number of carbonyl (C=O) groups is 1. The third-order valence-corrected chi connectivity index (χ3v) is 4.62. The molecule has 1 fully saturated rings. The number of cyclic esters (lactones) is 1. The van der Waals surface area contributed by atoms with E-state index >= 15 is 0 Å². The molecule has 1 aliphatic rings. The lowest BCUT2D eigenvalue weighted by atomic mass is 10.2. The summed E-state index contributed by atoms with van der Waals surface area (Å²) in [7, 11) is 0. The summed E-state index contributed by atoms with van der Waals surface area (Å²) in [6, 6.07) is 1.44. The highest BCUT2D eigenvalue weighted by Gasteiger charge is 2.38. The van der Waals surface area contributed by atoms with Gasteiger partial charge in [0.15, 0.2) is 6.23 Å². The number of halogens is 5. The van der Waals surface area contributed by atoms with Crippen molar-refractivity contribution < 1.29 is 22.7 Å². The lowest BCUT2D eigenvalue weighted by molar-refractivity contribution is -0.137. The van der Waals surface area contributed by atoms with Crippen molar-refractivity contribution >= 4 is 46.7 Å². The maximum absolute atomic E-state index is 12.7. The van der Waals surface area contributed by atoms with Crippen LogP contribution in [-0.4, -0.2) is 24.3 Å². The van der Waals surface area contributed by atoms with Crippen LogP contribution in [0.15, 0.2) is 12.1 Å². The fourth-order valence-electron chi connectivity index (χ4n) is 2.06. The average molecular weight is 389 g/mol. The van der Waals surface area contributed by atoms with Gasteiger partial charge in [0.25, 0.3) is 0 Å². The first-order valence-electron chi connectivity index (χ1n) is 6.47. The maximum atomic E-state index is 12.7. The number of thioether (sulfide) groups is 1. The van der Waals surface area contributed by atoms with Crippen LogP contribution in [0.2, 0.25) is 10.0 Å². The summed E-state index contributed by atoms with van der Waals surface area (Å²) in [6.07, 6.45) is -4.05. The van der Waals surface area contributed by atoms with Gasteiger partial charge in [0.2, 0.25) is 0 Å². The van der Waals surface area contributed by atoms with Gasteiger partial charge in [-0.05, 0) is 18.4 Å². The molecule has 1 heterocycles. The van der Waals surface area contributed by atoms with E-state index < -0.39 is 24.1 Å². The number of hydrazine groups is 1. The van der Waals surface area contributed by atoms with E-state index in [1.54, 1.807) is 11.8 Å². The molecule has 0 spiro atoms. The fraction of sp³-hybridized carbons (Fsp3) is 0.462. The number of nitrogens with zero attached hydrogens (tertiary/aromatic N) is 1. The number of anilines is 1. The lowest BCUT2D eigenvalue weighted by Gasteiger charge is -2.20. The van der Waals surface area contributed by atoms with Crippen molar-refractivity contribution in [2.24, 2.45) is 5.92 Å². The molecule has 1 aliphatic heterocycles. The molecule has 2 rings (SSSR count). The lowest BCUT2D eigenvalue weighted by Crippen LogP contribution is -2.40. The van der Waals surface area contributed by atoms with Gasteiger partial charge >= 0.3 is 12.3 Å². The number of amides is 1. The third-order valence-electron chi connectivity index (χ3n) is 3.18. The van der Waals surface area contributed by atoms with Crippen molar-refractivity contribution in [1.29, 1.82) is 0 Å². The second-order valence-corrected chi connectivity index (χ2v) is 6.71. The van der Waals surface area contributed by atoms with Crippen molar-refractivity contribution in [3.63, 3.8) is 0 Å². The molecule has 1 N–H and O–H groups in total. The Labute approximate surface area is 145 Å². The van der Waals surface area contributed by atoms with Gasteiger partial charge in [-0.2, -0.15) is 30.4 Å². The van der Waals surface area contributed by atoms with Crippen LogP contribution in [0.1, 0.15) is 12.5 Å². The second-order valence-electron chi connectivity index (χ2n) is 4.99. The highest BCUT2D eigenvalue weighted by Crippen LogP contribution is 2.41. The van der Waals surface area contributed by atoms with E-state index in [0.29, 0.717) is 0 Å². The molecule has 0 saturated carbocycles. The molecule has 10 heteroatoms. The Kier molecular flexibility index (Phi) is 5.60. The minimum absolute atomic E-state index is 0.00838. The average Bonchev–Trinajstić information content (AvgIpc) is 2.79. The first-order valence-corrected chi connectivity index (χ1v) is 8.62. The number of benzene rings is 1. The molecule has 0 radical (unpaired) electrons. The summed E-state index contributed by atoms with van der Waals surface area (Å²) in [4.78, 5) is 12.0. The van der Waals surface area contributed by atoms with Crippen molar-refractivity contribution in [2.45, 2.75) is 19.3 Å². The fourth-order valence-corrected chi connectivity index (χ4v) is 3.42. The Morgan fingerprint density at radius 1 is 1.39 bits per heavy atom. The summed E-state index contributed by atoms with van der Waals surface area (Å²) in [5.41, 5.74) is 1.73. The molecule has 1 amide bonds. The number of rotatable bonds is 4. The minimum atomic E-state index is -4.58. The molecular weight excluding hydrogens is 376 g/mol. The topological polar surface area (TPSA) is 41.6 Å². The van der Waals surface area contributed by atoms with Gasteiger partial charge in [0.1, 0.15) is 5.69 Å². The van der Waals surface area contributed by atoms with Crippen molar-refractivity contribution in [3.8, 4) is 0 Å². The van der Waals surface area contributed by atoms with Crippen molar-refractivity contribution in [2.75, 3.05) is 17.0 Å². The number of alkyl halides is 3. The Morgan fingerprint density at radius 3 is 2.43 bits per heavy atom. The van der Waals surface area contributed by atoms with Gasteiger partial charge in [-0.3, -0.25) is 0 Å². The molecule has 0 aliphatic carbocycles. The van der Waals surface area contributed by atoms with Crippen LogP contribution < -0.4 is 10.4 Å². The summed E-state index contributed by atoms with van der Waals surface area (Å²) in [5.74, 6) is 0.721. The van der Waals surface area contributed by atoms with Crippen LogP contribution in [0.25, 0.3) is 0 Å². The molecule has 0 bridgehead atoms. The first kappa shape index (κ1) is 18.5. The standard InChI is InChI=1S/C13H13Cl2F3N2O2S/c1-6(5-23-2)11-19-20(12(21)22-11)10-8(14)3-7(4-9(10)15)13(16,17)18/h3-4,6,11,19H,5H2,1-2H3. The molecule has 2 atom stereocenters. The van der Waals surface area contributed by atoms with E-state index in [9.17, 15) is 18.0 Å². The molecule has 4 nitrogen and oxygen atoms in total. The second kappa shape index (κ2) is 6.96. The predicted octanol–water partition coefficient (Wildman–Crippen LogP) is 4.80. The number of nitrogens with one attached hydrogen (secondary N) is 1. The number of hydrogen-bond donors (Lipinski definition) is 1. The Balaban J connectivity index is 2.30. The monoisotopic (exact) mass is 388 g/mol. The largest absolute Gasteiger partial charge is 0.430 e. The first-order chi connectivity index (χ1) is 10.6. The Bertz CT molecular complexity index is 592. The number of carbonyl (C=O) groups excluding carboxylic acids is 1. The number of ether oxygens (including phenoxy) is 1. The highest BCUT2D eigenvalue weighted by molar-refractivity contribution is 7.98. The van der Waals surface area contributed by atoms with Crippen LogP contribution in [0.3, 0.4) is 0 Å². The highest BCUT2D eigenvalue weighted by atomic mass is 35.5. The number of hydrogen-bond acceptors (Lipinski definition) is 4. The quantitative estimate of drug-likeness (QED) is 0.804. The van der Waals surface area contributed by atoms with Crippen LogP contribution in [0.4, 0.5) is 23.7 Å². The van der Waals surface area contributed by atoms with Crippen LogP contribution in [-0.2, 0) is 10.9 Å². The van der Waals surface area contributed by atoms with Gasteiger partial charge < -0.3 is 4.74 Å². The van der Waals surface area contributed by atoms with Gasteiger partial charge in [-0.1, -0.05) is 30.1 Å². The van der Waals surface area contributed by atoms with E-state index in [0.717, 1.165) is 22.9 Å². The summed E-state index contributed by atoms with van der Waals surface area (Å²) in [5, 5.41) is 0.339. The smallest absolute Gasteiger partial charge is 0.427 e. The van der Waals surface area contributed by atoms with Gasteiger partial charge in [0.05, 0.1) is 15.6 Å². The van der Waals surface area contributed by atoms with E-state index in [-0.39, 0.29) is 21.7 Å². The summed E-state index contributed by atoms with van der Waals surface area (Å²) in [6.45, 7) is 1.88. The summed E-state index contributed by atoms with van der Waals surface area (Å²) < 4.78 is 43.4.